The molecule has 0 atom stereocenters. The van der Waals surface area contributed by atoms with Crippen LogP contribution in [-0.2, 0) is 4.79 Å². The highest BCUT2D eigenvalue weighted by molar-refractivity contribution is 6.43. The summed E-state index contributed by atoms with van der Waals surface area (Å²) in [6.45, 7) is 7.46. The molecule has 4 nitrogen and oxygen atoms in total. The van der Waals surface area contributed by atoms with Crippen molar-refractivity contribution in [2.75, 3.05) is 5.32 Å². The van der Waals surface area contributed by atoms with Gasteiger partial charge in [-0.05, 0) is 25.0 Å². The summed E-state index contributed by atoms with van der Waals surface area (Å²) in [4.78, 5) is 11.9. The van der Waals surface area contributed by atoms with Crippen molar-refractivity contribution in [3.8, 4) is 0 Å². The van der Waals surface area contributed by atoms with Gasteiger partial charge in [0.25, 0.3) is 5.91 Å². The first-order valence-corrected chi connectivity index (χ1v) is 5.57. The minimum atomic E-state index is -0.361. The van der Waals surface area contributed by atoms with Crippen LogP contribution in [0.4, 0.5) is 5.69 Å². The third-order valence-electron chi connectivity index (χ3n) is 2.61. The van der Waals surface area contributed by atoms with Crippen LogP contribution in [0.3, 0.4) is 0 Å². The number of oxime groups is 1. The average Bonchev–Trinajstić information content (AvgIpc) is 2.24. The van der Waals surface area contributed by atoms with Crippen molar-refractivity contribution >= 4 is 17.3 Å². The molecule has 0 bridgehead atoms. The van der Waals surface area contributed by atoms with Gasteiger partial charge in [-0.3, -0.25) is 4.79 Å². The molecule has 1 amide bonds. The van der Waals surface area contributed by atoms with Gasteiger partial charge in [-0.1, -0.05) is 37.2 Å². The van der Waals surface area contributed by atoms with E-state index in [1.165, 1.54) is 0 Å². The van der Waals surface area contributed by atoms with E-state index in [2.05, 4.69) is 10.5 Å². The van der Waals surface area contributed by atoms with Gasteiger partial charge in [0.2, 0.25) is 0 Å². The first-order valence-electron chi connectivity index (χ1n) is 5.57. The molecule has 4 heteroatoms. The van der Waals surface area contributed by atoms with Crippen molar-refractivity contribution < 1.29 is 10.0 Å². The number of hydrogen-bond donors (Lipinski definition) is 2. The zero-order chi connectivity index (χ0) is 13.0. The average molecular weight is 234 g/mol. The third kappa shape index (κ3) is 3.06. The predicted molar refractivity (Wildman–Crippen MR) is 68.6 cm³/mol. The zero-order valence-electron chi connectivity index (χ0n) is 10.6. The Morgan fingerprint density at radius 2 is 1.82 bits per heavy atom. The number of nitrogens with one attached hydrogen (secondary N) is 1. The fourth-order valence-corrected chi connectivity index (χ4v) is 1.61. The maximum Gasteiger partial charge on any atom is 0.273 e. The number of hydrogen-bond acceptors (Lipinski definition) is 3. The number of benzene rings is 1. The smallest absolute Gasteiger partial charge is 0.273 e. The molecule has 1 aromatic carbocycles. The van der Waals surface area contributed by atoms with Crippen LogP contribution >= 0.6 is 0 Å². The topological polar surface area (TPSA) is 61.7 Å². The van der Waals surface area contributed by atoms with E-state index in [1.807, 2.05) is 32.0 Å². The van der Waals surface area contributed by atoms with E-state index in [4.69, 9.17) is 5.21 Å². The molecule has 0 fully saturated rings. The second-order valence-electron chi connectivity index (χ2n) is 4.36. The Hall–Kier alpha value is -1.84. The molecular formula is C13H18N2O2. The van der Waals surface area contributed by atoms with E-state index in [0.717, 1.165) is 16.8 Å². The molecule has 0 unspecified atom stereocenters. The van der Waals surface area contributed by atoms with Crippen molar-refractivity contribution in [1.82, 2.24) is 0 Å². The first-order chi connectivity index (χ1) is 7.97. The van der Waals surface area contributed by atoms with E-state index in [9.17, 15) is 4.79 Å². The molecule has 0 aliphatic carbocycles. The highest BCUT2D eigenvalue weighted by atomic mass is 16.4. The Morgan fingerprint density at radius 3 is 2.24 bits per heavy atom. The van der Waals surface area contributed by atoms with Gasteiger partial charge in [0.05, 0.1) is 0 Å². The highest BCUT2D eigenvalue weighted by Gasteiger charge is 2.17. The van der Waals surface area contributed by atoms with Gasteiger partial charge < -0.3 is 10.5 Å². The molecule has 0 radical (unpaired) electrons. The number of carbonyl (C=O) groups excluding carboxylic acids is 1. The Labute approximate surface area is 101 Å². The summed E-state index contributed by atoms with van der Waals surface area (Å²) in [5.41, 5.74) is 2.88. The highest BCUT2D eigenvalue weighted by Crippen LogP contribution is 2.19. The number of aryl methyl sites for hydroxylation is 2. The summed E-state index contributed by atoms with van der Waals surface area (Å²) >= 11 is 0. The number of nitrogens with zero attached hydrogens (tertiary/aromatic N) is 1. The molecule has 1 rings (SSSR count). The number of para-hydroxylation sites is 1. The summed E-state index contributed by atoms with van der Waals surface area (Å²) in [7, 11) is 0. The van der Waals surface area contributed by atoms with Crippen LogP contribution in [0.25, 0.3) is 0 Å². The Kier molecular flexibility index (Phi) is 4.26. The van der Waals surface area contributed by atoms with Crippen LogP contribution in [0, 0.1) is 19.8 Å². The van der Waals surface area contributed by atoms with Crippen LogP contribution < -0.4 is 5.32 Å². The molecule has 1 aromatic rings. The predicted octanol–water partition coefficient (Wildman–Crippen LogP) is 2.73. The molecule has 0 heterocycles. The van der Waals surface area contributed by atoms with E-state index in [0.29, 0.717) is 0 Å². The van der Waals surface area contributed by atoms with E-state index < -0.39 is 0 Å². The van der Waals surface area contributed by atoms with Crippen molar-refractivity contribution in [1.29, 1.82) is 0 Å². The molecule has 0 saturated carbocycles. The van der Waals surface area contributed by atoms with Crippen molar-refractivity contribution in [3.05, 3.63) is 29.3 Å². The fraction of sp³-hybridized carbons (Fsp3) is 0.385. The second-order valence-corrected chi connectivity index (χ2v) is 4.36. The van der Waals surface area contributed by atoms with E-state index >= 15 is 0 Å². The zero-order valence-corrected chi connectivity index (χ0v) is 10.6. The Morgan fingerprint density at radius 1 is 1.29 bits per heavy atom. The van der Waals surface area contributed by atoms with Gasteiger partial charge in [-0.15, -0.1) is 0 Å². The molecular weight excluding hydrogens is 216 g/mol. The molecule has 0 aliphatic rings. The van der Waals surface area contributed by atoms with Gasteiger partial charge in [-0.25, -0.2) is 0 Å². The van der Waals surface area contributed by atoms with E-state index in [1.54, 1.807) is 13.8 Å². The lowest BCUT2D eigenvalue weighted by Crippen LogP contribution is -2.27. The number of rotatable bonds is 3. The Bertz CT molecular complexity index is 430. The quantitative estimate of drug-likeness (QED) is 0.480. The minimum absolute atomic E-state index is 0.121. The maximum atomic E-state index is 11.9. The SMILES string of the molecule is Cc1cccc(C)c1NC(=O)/C(=N\O)C(C)C. The molecule has 0 aliphatic heterocycles. The second kappa shape index (κ2) is 5.48. The normalized spacial score (nSPS) is 11.7. The molecule has 2 N–H and O–H groups in total. The van der Waals surface area contributed by atoms with Crippen molar-refractivity contribution in [2.45, 2.75) is 27.7 Å². The minimum Gasteiger partial charge on any atom is -0.410 e. The third-order valence-corrected chi connectivity index (χ3v) is 2.61. The maximum absolute atomic E-state index is 11.9. The molecule has 92 valence electrons. The van der Waals surface area contributed by atoms with Gasteiger partial charge in [0.15, 0.2) is 0 Å². The van der Waals surface area contributed by atoms with Crippen LogP contribution in [0.15, 0.2) is 23.4 Å². The summed E-state index contributed by atoms with van der Waals surface area (Å²) in [6.07, 6.45) is 0. The lowest BCUT2D eigenvalue weighted by Gasteiger charge is -2.13. The lowest BCUT2D eigenvalue weighted by atomic mass is 10.1. The molecule has 17 heavy (non-hydrogen) atoms. The van der Waals surface area contributed by atoms with Crippen LogP contribution in [-0.4, -0.2) is 16.8 Å². The van der Waals surface area contributed by atoms with Crippen LogP contribution in [0.2, 0.25) is 0 Å². The molecule has 0 saturated heterocycles. The number of amides is 1. The van der Waals surface area contributed by atoms with Gasteiger partial charge in [0, 0.05) is 11.6 Å². The van der Waals surface area contributed by atoms with Crippen LogP contribution in [0.5, 0.6) is 0 Å². The van der Waals surface area contributed by atoms with Gasteiger partial charge >= 0.3 is 0 Å². The van der Waals surface area contributed by atoms with Gasteiger partial charge in [-0.2, -0.15) is 0 Å². The van der Waals surface area contributed by atoms with Crippen LogP contribution in [0.1, 0.15) is 25.0 Å². The first kappa shape index (κ1) is 13.2. The molecule has 0 spiro atoms. The Balaban J connectivity index is 2.96. The molecule has 0 aromatic heterocycles. The van der Waals surface area contributed by atoms with Crippen molar-refractivity contribution in [2.24, 2.45) is 11.1 Å². The van der Waals surface area contributed by atoms with Crippen molar-refractivity contribution in [3.63, 3.8) is 0 Å². The summed E-state index contributed by atoms with van der Waals surface area (Å²) < 4.78 is 0. The monoisotopic (exact) mass is 234 g/mol. The fourth-order valence-electron chi connectivity index (χ4n) is 1.61. The largest absolute Gasteiger partial charge is 0.410 e. The van der Waals surface area contributed by atoms with E-state index in [-0.39, 0.29) is 17.5 Å². The summed E-state index contributed by atoms with van der Waals surface area (Å²) in [6, 6.07) is 5.78. The van der Waals surface area contributed by atoms with Gasteiger partial charge in [0.1, 0.15) is 5.71 Å². The lowest BCUT2D eigenvalue weighted by molar-refractivity contribution is -0.110. The number of anilines is 1. The number of carbonyl (C=O) groups is 1. The summed E-state index contributed by atoms with van der Waals surface area (Å²) in [5, 5.41) is 14.6. The standard InChI is InChI=1S/C13H18N2O2/c1-8(2)11(15-17)13(16)14-12-9(3)6-5-7-10(12)4/h5-8,17H,1-4H3,(H,14,16)/b15-11-. The summed E-state index contributed by atoms with van der Waals surface area (Å²) in [5.74, 6) is -0.482.